The fourth-order valence-corrected chi connectivity index (χ4v) is 3.36. The molecule has 1 amide bonds. The predicted molar refractivity (Wildman–Crippen MR) is 75.3 cm³/mol. The molecule has 0 aromatic heterocycles. The molecule has 1 aliphatic carbocycles. The Morgan fingerprint density at radius 1 is 1.33 bits per heavy atom. The van der Waals surface area contributed by atoms with Crippen LogP contribution >= 0.6 is 0 Å². The van der Waals surface area contributed by atoms with Gasteiger partial charge in [0.2, 0.25) is 5.91 Å². The van der Waals surface area contributed by atoms with Crippen LogP contribution in [0.3, 0.4) is 0 Å². The molecular formula is C16H19NO4. The highest BCUT2D eigenvalue weighted by Crippen LogP contribution is 2.46. The molecular weight excluding hydrogens is 270 g/mol. The van der Waals surface area contributed by atoms with Crippen LogP contribution in [0.1, 0.15) is 18.9 Å². The average Bonchev–Trinajstić information content (AvgIpc) is 3.25. The number of carboxylic acids is 1. The maximum Gasteiger partial charge on any atom is 0.307 e. The lowest BCUT2D eigenvalue weighted by Gasteiger charge is -2.30. The lowest BCUT2D eigenvalue weighted by atomic mass is 9.72. The van der Waals surface area contributed by atoms with Crippen molar-refractivity contribution >= 4 is 11.9 Å². The Bertz CT molecular complexity index is 544. The van der Waals surface area contributed by atoms with E-state index < -0.39 is 17.8 Å². The minimum absolute atomic E-state index is 0.0178. The van der Waals surface area contributed by atoms with E-state index in [0.717, 1.165) is 5.56 Å². The second-order valence-corrected chi connectivity index (χ2v) is 5.91. The van der Waals surface area contributed by atoms with E-state index in [1.807, 2.05) is 37.3 Å². The van der Waals surface area contributed by atoms with Crippen LogP contribution in [0.5, 0.6) is 0 Å². The molecule has 0 spiro atoms. The van der Waals surface area contributed by atoms with Gasteiger partial charge in [0.05, 0.1) is 24.0 Å². The minimum Gasteiger partial charge on any atom is -0.481 e. The topological polar surface area (TPSA) is 78.9 Å². The second-order valence-electron chi connectivity index (χ2n) is 5.91. The van der Waals surface area contributed by atoms with Gasteiger partial charge in [0.25, 0.3) is 0 Å². The molecule has 0 radical (unpaired) electrons. The molecule has 1 heterocycles. The second kappa shape index (κ2) is 5.48. The third-order valence-corrected chi connectivity index (χ3v) is 4.56. The number of amides is 1. The number of nitrogens with one attached hydrogen (secondary N) is 1. The van der Waals surface area contributed by atoms with Gasteiger partial charge in [-0.1, -0.05) is 37.3 Å². The number of aliphatic carboxylic acids is 1. The number of carboxylic acid groups (broad SMARTS) is 1. The smallest absolute Gasteiger partial charge is 0.307 e. The van der Waals surface area contributed by atoms with Crippen LogP contribution in [-0.4, -0.2) is 29.2 Å². The maximum absolute atomic E-state index is 12.4. The maximum atomic E-state index is 12.4. The van der Waals surface area contributed by atoms with Gasteiger partial charge < -0.3 is 15.2 Å². The third-order valence-electron chi connectivity index (χ3n) is 4.56. The SMILES string of the molecule is CC1C2OC2CC(C(=O)NCc2ccccc2)C1C(=O)O. The van der Waals surface area contributed by atoms with Gasteiger partial charge in [0.15, 0.2) is 0 Å². The molecule has 1 aliphatic heterocycles. The first-order valence-electron chi connectivity index (χ1n) is 7.28. The molecule has 1 saturated carbocycles. The van der Waals surface area contributed by atoms with Crippen molar-refractivity contribution in [3.63, 3.8) is 0 Å². The fraction of sp³-hybridized carbons (Fsp3) is 0.500. The molecule has 5 unspecified atom stereocenters. The van der Waals surface area contributed by atoms with E-state index in [0.29, 0.717) is 13.0 Å². The predicted octanol–water partition coefficient (Wildman–Crippen LogP) is 1.43. The highest BCUT2D eigenvalue weighted by Gasteiger charge is 2.57. The molecule has 5 atom stereocenters. The zero-order valence-electron chi connectivity index (χ0n) is 11.9. The van der Waals surface area contributed by atoms with Crippen molar-refractivity contribution in [3.8, 4) is 0 Å². The number of rotatable bonds is 4. The molecule has 1 saturated heterocycles. The van der Waals surface area contributed by atoms with Crippen LogP contribution in [0.4, 0.5) is 0 Å². The molecule has 1 aromatic rings. The van der Waals surface area contributed by atoms with Crippen molar-refractivity contribution in [2.24, 2.45) is 17.8 Å². The summed E-state index contributed by atoms with van der Waals surface area (Å²) in [5.41, 5.74) is 1.00. The first kappa shape index (κ1) is 14.1. The summed E-state index contributed by atoms with van der Waals surface area (Å²) in [7, 11) is 0. The van der Waals surface area contributed by atoms with Gasteiger partial charge in [0.1, 0.15) is 0 Å². The highest BCUT2D eigenvalue weighted by molar-refractivity contribution is 5.85. The van der Waals surface area contributed by atoms with Gasteiger partial charge in [-0.3, -0.25) is 9.59 Å². The van der Waals surface area contributed by atoms with E-state index in [1.165, 1.54) is 0 Å². The number of epoxide rings is 1. The van der Waals surface area contributed by atoms with Crippen LogP contribution < -0.4 is 5.32 Å². The summed E-state index contributed by atoms with van der Waals surface area (Å²) in [6.45, 7) is 2.28. The van der Waals surface area contributed by atoms with Gasteiger partial charge in [-0.2, -0.15) is 0 Å². The van der Waals surface area contributed by atoms with E-state index in [1.54, 1.807) is 0 Å². The summed E-state index contributed by atoms with van der Waals surface area (Å²) < 4.78 is 5.47. The fourth-order valence-electron chi connectivity index (χ4n) is 3.36. The van der Waals surface area contributed by atoms with Gasteiger partial charge >= 0.3 is 5.97 Å². The molecule has 3 rings (SSSR count). The largest absolute Gasteiger partial charge is 0.481 e. The molecule has 5 nitrogen and oxygen atoms in total. The number of hydrogen-bond donors (Lipinski definition) is 2. The van der Waals surface area contributed by atoms with E-state index in [-0.39, 0.29) is 24.0 Å². The molecule has 112 valence electrons. The van der Waals surface area contributed by atoms with Crippen molar-refractivity contribution in [2.75, 3.05) is 0 Å². The number of hydrogen-bond acceptors (Lipinski definition) is 3. The van der Waals surface area contributed by atoms with Gasteiger partial charge in [-0.25, -0.2) is 0 Å². The normalized spacial score (nSPS) is 33.9. The Balaban J connectivity index is 1.66. The molecule has 1 aromatic carbocycles. The Morgan fingerprint density at radius 2 is 2.05 bits per heavy atom. The van der Waals surface area contributed by atoms with Gasteiger partial charge in [0, 0.05) is 6.54 Å². The molecule has 5 heteroatoms. The standard InChI is InChI=1S/C16H19NO4/c1-9-13(16(19)20)11(7-12-14(9)21-12)15(18)17-8-10-5-3-2-4-6-10/h2-6,9,11-14H,7-8H2,1H3,(H,17,18)(H,19,20). The van der Waals surface area contributed by atoms with E-state index >= 15 is 0 Å². The van der Waals surface area contributed by atoms with Crippen LogP contribution in [0.15, 0.2) is 30.3 Å². The lowest BCUT2D eigenvalue weighted by Crippen LogP contribution is -2.45. The number of carbonyl (C=O) groups is 2. The Kier molecular flexibility index (Phi) is 3.68. The van der Waals surface area contributed by atoms with Crippen LogP contribution in [0.25, 0.3) is 0 Å². The average molecular weight is 289 g/mol. The van der Waals surface area contributed by atoms with Crippen molar-refractivity contribution in [2.45, 2.75) is 32.1 Å². The minimum atomic E-state index is -0.906. The van der Waals surface area contributed by atoms with Gasteiger partial charge in [-0.15, -0.1) is 0 Å². The van der Waals surface area contributed by atoms with Crippen LogP contribution in [0.2, 0.25) is 0 Å². The zero-order chi connectivity index (χ0) is 15.0. The summed E-state index contributed by atoms with van der Waals surface area (Å²) in [5, 5.41) is 12.3. The third kappa shape index (κ3) is 2.78. The Morgan fingerprint density at radius 3 is 2.71 bits per heavy atom. The monoisotopic (exact) mass is 289 g/mol. The van der Waals surface area contributed by atoms with Crippen molar-refractivity contribution in [1.82, 2.24) is 5.32 Å². The van der Waals surface area contributed by atoms with Crippen molar-refractivity contribution in [3.05, 3.63) is 35.9 Å². The number of fused-ring (bicyclic) bond motifs is 1. The summed E-state index contributed by atoms with van der Waals surface area (Å²) in [4.78, 5) is 23.8. The highest BCUT2D eigenvalue weighted by atomic mass is 16.6. The van der Waals surface area contributed by atoms with Crippen molar-refractivity contribution < 1.29 is 19.4 Å². The summed E-state index contributed by atoms with van der Waals surface area (Å²) >= 11 is 0. The van der Waals surface area contributed by atoms with Crippen LogP contribution in [-0.2, 0) is 20.9 Å². The molecule has 2 N–H and O–H groups in total. The first-order chi connectivity index (χ1) is 10.1. The quantitative estimate of drug-likeness (QED) is 0.822. The van der Waals surface area contributed by atoms with Crippen molar-refractivity contribution in [1.29, 1.82) is 0 Å². The summed E-state index contributed by atoms with van der Waals surface area (Å²) in [6, 6.07) is 9.59. The van der Waals surface area contributed by atoms with E-state index in [9.17, 15) is 14.7 Å². The van der Waals surface area contributed by atoms with Gasteiger partial charge in [-0.05, 0) is 17.9 Å². The molecule has 2 aliphatic rings. The number of ether oxygens (including phenoxy) is 1. The van der Waals surface area contributed by atoms with E-state index in [2.05, 4.69) is 5.32 Å². The lowest BCUT2D eigenvalue weighted by molar-refractivity contribution is -0.150. The first-order valence-corrected chi connectivity index (χ1v) is 7.28. The molecule has 21 heavy (non-hydrogen) atoms. The number of carbonyl (C=O) groups excluding carboxylic acids is 1. The molecule has 2 fully saturated rings. The Hall–Kier alpha value is -1.88. The van der Waals surface area contributed by atoms with Crippen LogP contribution in [0, 0.1) is 17.8 Å². The zero-order valence-corrected chi connectivity index (χ0v) is 11.9. The number of benzene rings is 1. The Labute approximate surface area is 123 Å². The summed E-state index contributed by atoms with van der Waals surface area (Å²) in [6.07, 6.45) is 0.583. The molecule has 0 bridgehead atoms. The van der Waals surface area contributed by atoms with E-state index in [4.69, 9.17) is 4.74 Å². The summed E-state index contributed by atoms with van der Waals surface area (Å²) in [5.74, 6) is -2.38.